The highest BCUT2D eigenvalue weighted by Crippen LogP contribution is 2.22. The fraction of sp³-hybridized carbons (Fsp3) is 0. The van der Waals surface area contributed by atoms with Crippen molar-refractivity contribution in [1.82, 2.24) is 0 Å². The molecule has 0 fully saturated rings. The van der Waals surface area contributed by atoms with Gasteiger partial charge in [0.05, 0.1) is 0 Å². The van der Waals surface area contributed by atoms with Crippen molar-refractivity contribution in [2.75, 3.05) is 0 Å². The Balaban J connectivity index is 2.11. The van der Waals surface area contributed by atoms with Gasteiger partial charge in [0, 0.05) is 15.4 Å². The van der Waals surface area contributed by atoms with Gasteiger partial charge in [0.1, 0.15) is 0 Å². The van der Waals surface area contributed by atoms with Crippen LogP contribution in [0.3, 0.4) is 0 Å². The predicted octanol–water partition coefficient (Wildman–Crippen LogP) is 5.48. The van der Waals surface area contributed by atoms with E-state index in [1.807, 2.05) is 24.3 Å². The smallest absolute Gasteiger partial charge is 0.0199 e. The van der Waals surface area contributed by atoms with Gasteiger partial charge in [-0.2, -0.15) is 0 Å². The summed E-state index contributed by atoms with van der Waals surface area (Å²) in [6.45, 7) is 4.09. The average Bonchev–Trinajstić information content (AvgIpc) is 2.33. The molecule has 0 bridgehead atoms. The maximum absolute atomic E-state index is 4.09. The number of hydrogen-bond donors (Lipinski definition) is 0. The Morgan fingerprint density at radius 3 is 1.82 bits per heavy atom. The van der Waals surface area contributed by atoms with Gasteiger partial charge in [-0.05, 0) is 41.0 Å². The van der Waals surface area contributed by atoms with Gasteiger partial charge >= 0.3 is 0 Å². The number of hydrogen-bond acceptors (Lipinski definition) is 0. The summed E-state index contributed by atoms with van der Waals surface area (Å²) < 4.78 is 2.17. The minimum Gasteiger partial charge on any atom is -0.0946 e. The van der Waals surface area contributed by atoms with E-state index in [9.17, 15) is 0 Å². The van der Waals surface area contributed by atoms with E-state index in [0.29, 0.717) is 0 Å². The van der Waals surface area contributed by atoms with E-state index >= 15 is 0 Å². The van der Waals surface area contributed by atoms with Crippen LogP contribution in [0, 0.1) is 6.42 Å². The molecule has 2 rings (SSSR count). The Morgan fingerprint density at radius 1 is 0.824 bits per heavy atom. The topological polar surface area (TPSA) is 0 Å². The summed E-state index contributed by atoms with van der Waals surface area (Å²) >= 11 is 6.85. The molecular formula is C15H11Br2. The number of allylic oxidation sites excluding steroid dienone is 1. The lowest BCUT2D eigenvalue weighted by Gasteiger charge is -2.06. The van der Waals surface area contributed by atoms with Crippen molar-refractivity contribution in [2.45, 2.75) is 0 Å². The molecule has 0 aliphatic rings. The van der Waals surface area contributed by atoms with Crippen molar-refractivity contribution in [3.63, 3.8) is 0 Å². The van der Waals surface area contributed by atoms with Crippen molar-refractivity contribution in [3.05, 3.63) is 81.6 Å². The van der Waals surface area contributed by atoms with Crippen molar-refractivity contribution >= 4 is 37.4 Å². The summed E-state index contributed by atoms with van der Waals surface area (Å²) in [5.41, 5.74) is 3.30. The van der Waals surface area contributed by atoms with Crippen LogP contribution < -0.4 is 0 Å². The summed E-state index contributed by atoms with van der Waals surface area (Å²) in [5, 5.41) is 0. The Labute approximate surface area is 119 Å². The van der Waals surface area contributed by atoms with Gasteiger partial charge in [0.15, 0.2) is 0 Å². The molecule has 0 spiro atoms. The summed E-state index contributed by atoms with van der Waals surface area (Å²) in [6, 6.07) is 16.3. The third-order valence-corrected chi connectivity index (χ3v) is 3.48. The quantitative estimate of drug-likeness (QED) is 0.687. The molecule has 2 heteroatoms. The minimum atomic E-state index is 1.01. The average molecular weight is 351 g/mol. The highest BCUT2D eigenvalue weighted by molar-refractivity contribution is 9.10. The molecule has 0 nitrogen and oxygen atoms in total. The van der Waals surface area contributed by atoms with Gasteiger partial charge < -0.3 is 0 Å². The van der Waals surface area contributed by atoms with Crippen molar-refractivity contribution in [3.8, 4) is 0 Å². The normalized spacial score (nSPS) is 10.2. The largest absolute Gasteiger partial charge is 0.0946 e. The van der Waals surface area contributed by atoms with Crippen molar-refractivity contribution < 1.29 is 0 Å². The zero-order chi connectivity index (χ0) is 12.3. The Bertz CT molecular complexity index is 510. The third-order valence-electron chi connectivity index (χ3n) is 2.43. The Morgan fingerprint density at radius 2 is 1.29 bits per heavy atom. The molecule has 0 saturated carbocycles. The van der Waals surface area contributed by atoms with Gasteiger partial charge in [-0.15, -0.1) is 0 Å². The number of benzene rings is 2. The first kappa shape index (κ1) is 12.6. The molecule has 0 amide bonds. The van der Waals surface area contributed by atoms with Gasteiger partial charge in [-0.3, -0.25) is 0 Å². The first-order chi connectivity index (χ1) is 8.15. The van der Waals surface area contributed by atoms with E-state index in [-0.39, 0.29) is 0 Å². The lowest BCUT2D eigenvalue weighted by atomic mass is 10.00. The van der Waals surface area contributed by atoms with Crippen LogP contribution in [0.4, 0.5) is 0 Å². The SMILES string of the molecule is C=C([CH]c1ccc(Br)cc1)c1ccc(Br)cc1. The fourth-order valence-corrected chi connectivity index (χ4v) is 2.04. The molecule has 0 aliphatic carbocycles. The summed E-state index contributed by atoms with van der Waals surface area (Å²) in [4.78, 5) is 0. The highest BCUT2D eigenvalue weighted by Gasteiger charge is 2.01. The van der Waals surface area contributed by atoms with Crippen LogP contribution in [-0.2, 0) is 0 Å². The van der Waals surface area contributed by atoms with Gasteiger partial charge in [0.2, 0.25) is 0 Å². The molecule has 2 aromatic carbocycles. The zero-order valence-electron chi connectivity index (χ0n) is 9.16. The van der Waals surface area contributed by atoms with Crippen LogP contribution in [0.5, 0.6) is 0 Å². The summed E-state index contributed by atoms with van der Waals surface area (Å²) in [6.07, 6.45) is 2.08. The van der Waals surface area contributed by atoms with Gasteiger partial charge in [-0.1, -0.05) is 62.7 Å². The maximum atomic E-state index is 4.09. The second kappa shape index (κ2) is 5.65. The van der Waals surface area contributed by atoms with E-state index < -0.39 is 0 Å². The first-order valence-corrected chi connectivity index (χ1v) is 6.79. The van der Waals surface area contributed by atoms with E-state index in [1.54, 1.807) is 0 Å². The van der Waals surface area contributed by atoms with Gasteiger partial charge in [-0.25, -0.2) is 0 Å². The van der Waals surface area contributed by atoms with E-state index in [2.05, 4.69) is 69.1 Å². The second-order valence-electron chi connectivity index (χ2n) is 3.73. The van der Waals surface area contributed by atoms with Gasteiger partial charge in [0.25, 0.3) is 0 Å². The van der Waals surface area contributed by atoms with E-state index in [0.717, 1.165) is 25.6 Å². The second-order valence-corrected chi connectivity index (χ2v) is 5.56. The van der Waals surface area contributed by atoms with E-state index in [1.165, 1.54) is 0 Å². The molecule has 0 heterocycles. The van der Waals surface area contributed by atoms with Crippen LogP contribution in [0.1, 0.15) is 11.1 Å². The standard InChI is InChI=1S/C15H11Br2/c1-11(13-4-8-15(17)9-5-13)10-12-2-6-14(16)7-3-12/h2-10H,1H2. The molecule has 0 atom stereocenters. The Kier molecular flexibility index (Phi) is 4.19. The molecule has 0 saturated heterocycles. The molecule has 85 valence electrons. The van der Waals surface area contributed by atoms with Crippen LogP contribution in [0.15, 0.2) is 64.1 Å². The lowest BCUT2D eigenvalue weighted by Crippen LogP contribution is -1.86. The first-order valence-electron chi connectivity index (χ1n) is 5.20. The third kappa shape index (κ3) is 3.55. The van der Waals surface area contributed by atoms with Crippen molar-refractivity contribution in [2.24, 2.45) is 0 Å². The summed E-state index contributed by atoms with van der Waals surface area (Å²) in [5.74, 6) is 0. The molecule has 0 N–H and O–H groups in total. The predicted molar refractivity (Wildman–Crippen MR) is 80.7 cm³/mol. The Hall–Kier alpha value is -0.860. The van der Waals surface area contributed by atoms with E-state index in [4.69, 9.17) is 0 Å². The van der Waals surface area contributed by atoms with Crippen molar-refractivity contribution in [1.29, 1.82) is 0 Å². The number of halogens is 2. The molecule has 0 unspecified atom stereocenters. The molecule has 0 aromatic heterocycles. The molecule has 0 aliphatic heterocycles. The molecule has 17 heavy (non-hydrogen) atoms. The molecule has 2 aromatic rings. The zero-order valence-corrected chi connectivity index (χ0v) is 12.3. The maximum Gasteiger partial charge on any atom is 0.0199 e. The fourth-order valence-electron chi connectivity index (χ4n) is 1.51. The monoisotopic (exact) mass is 349 g/mol. The minimum absolute atomic E-state index is 1.01. The molecular weight excluding hydrogens is 340 g/mol. The van der Waals surface area contributed by atoms with Crippen LogP contribution >= 0.6 is 31.9 Å². The summed E-state index contributed by atoms with van der Waals surface area (Å²) in [7, 11) is 0. The van der Waals surface area contributed by atoms with Crippen LogP contribution in [0.25, 0.3) is 5.57 Å². The number of rotatable bonds is 3. The lowest BCUT2D eigenvalue weighted by molar-refractivity contribution is 1.49. The highest BCUT2D eigenvalue weighted by atomic mass is 79.9. The molecule has 1 radical (unpaired) electrons. The van der Waals surface area contributed by atoms with Crippen LogP contribution in [-0.4, -0.2) is 0 Å². The van der Waals surface area contributed by atoms with Crippen LogP contribution in [0.2, 0.25) is 0 Å².